The van der Waals surface area contributed by atoms with E-state index in [-0.39, 0.29) is 11.1 Å². The number of rotatable bonds is 6. The fourth-order valence-electron chi connectivity index (χ4n) is 3.27. The van der Waals surface area contributed by atoms with Gasteiger partial charge in [0.15, 0.2) is 9.84 Å². The van der Waals surface area contributed by atoms with Gasteiger partial charge in [-0.2, -0.15) is 11.8 Å². The molecular formula is C15H30N2O2S2. The Morgan fingerprint density at radius 2 is 1.95 bits per heavy atom. The van der Waals surface area contributed by atoms with Gasteiger partial charge in [-0.15, -0.1) is 0 Å². The van der Waals surface area contributed by atoms with Crippen molar-refractivity contribution >= 4 is 21.6 Å². The first-order valence-corrected chi connectivity index (χ1v) is 11.2. The van der Waals surface area contributed by atoms with Gasteiger partial charge in [-0.05, 0) is 31.6 Å². The van der Waals surface area contributed by atoms with E-state index in [9.17, 15) is 8.42 Å². The van der Waals surface area contributed by atoms with Crippen molar-refractivity contribution in [2.75, 3.05) is 36.9 Å². The zero-order valence-electron chi connectivity index (χ0n) is 13.4. The van der Waals surface area contributed by atoms with Crippen LogP contribution in [0.4, 0.5) is 0 Å². The molecule has 0 bridgehead atoms. The van der Waals surface area contributed by atoms with Crippen molar-refractivity contribution in [1.82, 2.24) is 10.2 Å². The second-order valence-corrected chi connectivity index (χ2v) is 10.0. The fourth-order valence-corrected chi connectivity index (χ4v) is 6.38. The second kappa shape index (κ2) is 8.18. The van der Waals surface area contributed by atoms with E-state index >= 15 is 0 Å². The number of hydrogen-bond acceptors (Lipinski definition) is 5. The Hall–Kier alpha value is 0.220. The minimum absolute atomic E-state index is 0.253. The van der Waals surface area contributed by atoms with Crippen LogP contribution in [0.5, 0.6) is 0 Å². The predicted molar refractivity (Wildman–Crippen MR) is 91.6 cm³/mol. The Bertz CT molecular complexity index is 406. The molecule has 2 fully saturated rings. The van der Waals surface area contributed by atoms with Gasteiger partial charge in [-0.3, -0.25) is 4.90 Å². The van der Waals surface area contributed by atoms with Gasteiger partial charge in [-0.1, -0.05) is 13.8 Å². The summed E-state index contributed by atoms with van der Waals surface area (Å²) in [6.07, 6.45) is 5.19. The third-order valence-electron chi connectivity index (χ3n) is 4.86. The van der Waals surface area contributed by atoms with E-state index in [1.165, 1.54) is 25.7 Å². The van der Waals surface area contributed by atoms with E-state index in [1.807, 2.05) is 0 Å². The van der Waals surface area contributed by atoms with Crippen LogP contribution in [0.1, 0.15) is 39.5 Å². The summed E-state index contributed by atoms with van der Waals surface area (Å²) in [5.41, 5.74) is 0. The Kier molecular flexibility index (Phi) is 6.84. The minimum atomic E-state index is -2.96. The molecule has 2 rings (SSSR count). The highest BCUT2D eigenvalue weighted by molar-refractivity contribution is 8.01. The second-order valence-electron chi connectivity index (χ2n) is 6.43. The van der Waals surface area contributed by atoms with E-state index in [2.05, 4.69) is 17.1 Å². The van der Waals surface area contributed by atoms with Crippen molar-refractivity contribution < 1.29 is 8.42 Å². The highest BCUT2D eigenvalue weighted by atomic mass is 32.2. The SMILES string of the molecule is CCS(=O)(=O)C1CSCCN1CCNC1CCC(C)CC1. The maximum atomic E-state index is 12.2. The highest BCUT2D eigenvalue weighted by Gasteiger charge is 2.32. The van der Waals surface area contributed by atoms with Crippen molar-refractivity contribution in [2.45, 2.75) is 50.9 Å². The van der Waals surface area contributed by atoms with Gasteiger partial charge in [0.1, 0.15) is 5.37 Å². The lowest BCUT2D eigenvalue weighted by Crippen LogP contribution is -2.50. The lowest BCUT2D eigenvalue weighted by molar-refractivity contribution is 0.250. The van der Waals surface area contributed by atoms with Crippen LogP contribution >= 0.6 is 11.8 Å². The van der Waals surface area contributed by atoms with Crippen LogP contribution in [0.15, 0.2) is 0 Å². The van der Waals surface area contributed by atoms with Gasteiger partial charge in [0.25, 0.3) is 0 Å². The molecule has 0 radical (unpaired) electrons. The Morgan fingerprint density at radius 1 is 1.24 bits per heavy atom. The number of hydrogen-bond donors (Lipinski definition) is 1. The first-order valence-electron chi connectivity index (χ1n) is 8.29. The molecule has 1 saturated heterocycles. The molecule has 1 atom stereocenters. The quantitative estimate of drug-likeness (QED) is 0.805. The van der Waals surface area contributed by atoms with Gasteiger partial charge in [0, 0.05) is 42.9 Å². The summed E-state index contributed by atoms with van der Waals surface area (Å²) >= 11 is 1.77. The highest BCUT2D eigenvalue weighted by Crippen LogP contribution is 2.24. The summed E-state index contributed by atoms with van der Waals surface area (Å²) in [6.45, 7) is 6.77. The molecule has 0 aromatic heterocycles. The summed E-state index contributed by atoms with van der Waals surface area (Å²) in [5, 5.41) is 3.37. The van der Waals surface area contributed by atoms with Crippen molar-refractivity contribution in [3.63, 3.8) is 0 Å². The summed E-state index contributed by atoms with van der Waals surface area (Å²) in [6, 6.07) is 0.640. The van der Waals surface area contributed by atoms with E-state index < -0.39 is 9.84 Å². The molecule has 124 valence electrons. The third kappa shape index (κ3) is 5.12. The van der Waals surface area contributed by atoms with Crippen LogP contribution < -0.4 is 5.32 Å². The average Bonchev–Trinajstić information content (AvgIpc) is 2.50. The van der Waals surface area contributed by atoms with Crippen LogP contribution in [-0.4, -0.2) is 61.6 Å². The van der Waals surface area contributed by atoms with Crippen molar-refractivity contribution in [3.05, 3.63) is 0 Å². The van der Waals surface area contributed by atoms with Gasteiger partial charge < -0.3 is 5.32 Å². The molecular weight excluding hydrogens is 304 g/mol. The lowest BCUT2D eigenvalue weighted by Gasteiger charge is -2.35. The van der Waals surface area contributed by atoms with Crippen LogP contribution in [0.25, 0.3) is 0 Å². The maximum absolute atomic E-state index is 12.2. The molecule has 1 N–H and O–H groups in total. The minimum Gasteiger partial charge on any atom is -0.313 e. The van der Waals surface area contributed by atoms with Crippen molar-refractivity contribution in [1.29, 1.82) is 0 Å². The first kappa shape index (κ1) is 17.6. The average molecular weight is 335 g/mol. The summed E-state index contributed by atoms with van der Waals surface area (Å²) in [4.78, 5) is 2.17. The largest absolute Gasteiger partial charge is 0.313 e. The fraction of sp³-hybridized carbons (Fsp3) is 1.00. The Balaban J connectivity index is 1.78. The number of sulfone groups is 1. The third-order valence-corrected chi connectivity index (χ3v) is 8.19. The molecule has 4 nitrogen and oxygen atoms in total. The van der Waals surface area contributed by atoms with Gasteiger partial charge in [-0.25, -0.2) is 8.42 Å². The monoisotopic (exact) mass is 334 g/mol. The smallest absolute Gasteiger partial charge is 0.166 e. The Labute approximate surface area is 134 Å². The zero-order chi connectivity index (χ0) is 15.3. The molecule has 1 aliphatic carbocycles. The zero-order valence-corrected chi connectivity index (χ0v) is 15.0. The Morgan fingerprint density at radius 3 is 2.62 bits per heavy atom. The molecule has 0 aromatic carbocycles. The maximum Gasteiger partial charge on any atom is 0.166 e. The van der Waals surface area contributed by atoms with Crippen LogP contribution in [0.3, 0.4) is 0 Å². The lowest BCUT2D eigenvalue weighted by atomic mass is 9.87. The number of nitrogens with one attached hydrogen (secondary N) is 1. The van der Waals surface area contributed by atoms with E-state index in [4.69, 9.17) is 0 Å². The van der Waals surface area contributed by atoms with E-state index in [0.29, 0.717) is 6.04 Å². The van der Waals surface area contributed by atoms with Gasteiger partial charge in [0.2, 0.25) is 0 Å². The molecule has 6 heteroatoms. The molecule has 1 unspecified atom stereocenters. The van der Waals surface area contributed by atoms with Gasteiger partial charge >= 0.3 is 0 Å². The molecule has 0 amide bonds. The normalized spacial score (nSPS) is 32.2. The van der Waals surface area contributed by atoms with E-state index in [1.54, 1.807) is 18.7 Å². The molecule has 1 saturated carbocycles. The van der Waals surface area contributed by atoms with Crippen molar-refractivity contribution in [3.8, 4) is 0 Å². The van der Waals surface area contributed by atoms with Crippen molar-refractivity contribution in [2.24, 2.45) is 5.92 Å². The molecule has 0 aromatic rings. The molecule has 1 heterocycles. The van der Waals surface area contributed by atoms with Crippen LogP contribution in [-0.2, 0) is 9.84 Å². The summed E-state index contributed by atoms with van der Waals surface area (Å²) in [7, 11) is -2.96. The predicted octanol–water partition coefficient (Wildman–Crippen LogP) is 1.96. The van der Waals surface area contributed by atoms with Crippen LogP contribution in [0.2, 0.25) is 0 Å². The number of thioether (sulfide) groups is 1. The molecule has 1 aliphatic heterocycles. The molecule has 21 heavy (non-hydrogen) atoms. The van der Waals surface area contributed by atoms with Gasteiger partial charge in [0.05, 0.1) is 0 Å². The first-order chi connectivity index (χ1) is 10.0. The summed E-state index contributed by atoms with van der Waals surface area (Å²) < 4.78 is 24.4. The molecule has 2 aliphatic rings. The standard InChI is InChI=1S/C15H30N2O2S2/c1-3-21(18,19)15-12-20-11-10-17(15)9-8-16-14-6-4-13(2)5-7-14/h13-16H,3-12H2,1-2H3. The molecule has 0 spiro atoms. The van der Waals surface area contributed by atoms with E-state index in [0.717, 1.165) is 37.1 Å². The van der Waals surface area contributed by atoms with Crippen LogP contribution in [0, 0.1) is 5.92 Å². The summed E-state index contributed by atoms with van der Waals surface area (Å²) in [5.74, 6) is 2.91. The number of nitrogens with zero attached hydrogens (tertiary/aromatic N) is 1. The topological polar surface area (TPSA) is 49.4 Å².